The molecule has 0 aromatic carbocycles. The van der Waals surface area contributed by atoms with Crippen LogP contribution in [0.2, 0.25) is 0 Å². The van der Waals surface area contributed by atoms with Crippen LogP contribution in [0.5, 0.6) is 0 Å². The zero-order chi connectivity index (χ0) is 16.1. The second kappa shape index (κ2) is 7.73. The first kappa shape index (κ1) is 16.9. The number of nitrogens with two attached hydrogens (primary N) is 1. The fraction of sp³-hybridized carbons (Fsp3) is 0.625. The molecule has 0 bridgehead atoms. The van der Waals surface area contributed by atoms with Crippen LogP contribution in [0, 0.1) is 17.2 Å². The van der Waals surface area contributed by atoms with E-state index < -0.39 is 0 Å². The fourth-order valence-corrected chi connectivity index (χ4v) is 4.14. The number of rotatable bonds is 6. The lowest BCUT2D eigenvalue weighted by Crippen LogP contribution is -3.09. The molecule has 0 fully saturated rings. The largest absolute Gasteiger partial charge is 0.335 e. The first-order valence-electron chi connectivity index (χ1n) is 7.96. The van der Waals surface area contributed by atoms with E-state index in [0.717, 1.165) is 37.4 Å². The number of carbonyl (C=O) groups is 1. The maximum atomic E-state index is 12.1. The molecule has 1 atom stereocenters. The predicted octanol–water partition coefficient (Wildman–Crippen LogP) is -0.609. The van der Waals surface area contributed by atoms with E-state index in [1.54, 1.807) is 11.3 Å². The second-order valence-electron chi connectivity index (χ2n) is 6.45. The number of nitriles is 1. The Morgan fingerprint density at radius 2 is 2.32 bits per heavy atom. The Bertz CT molecular complexity index is 573. The Morgan fingerprint density at radius 3 is 3.00 bits per heavy atom. The lowest BCUT2D eigenvalue weighted by Gasteiger charge is -2.17. The van der Waals surface area contributed by atoms with Crippen LogP contribution in [0.4, 0.5) is 5.00 Å². The van der Waals surface area contributed by atoms with E-state index in [2.05, 4.69) is 32.4 Å². The number of nitrogens with one attached hydrogen (secondary N) is 2. The van der Waals surface area contributed by atoms with Gasteiger partial charge in [0.15, 0.2) is 6.54 Å². The number of quaternary nitrogens is 2. The van der Waals surface area contributed by atoms with Crippen molar-refractivity contribution in [1.82, 2.24) is 0 Å². The molecule has 0 unspecified atom stereocenters. The normalized spacial score (nSPS) is 17.1. The number of fused-ring (bicyclic) bond motifs is 1. The van der Waals surface area contributed by atoms with Gasteiger partial charge in [0.2, 0.25) is 0 Å². The van der Waals surface area contributed by atoms with Gasteiger partial charge in [-0.2, -0.15) is 5.26 Å². The second-order valence-corrected chi connectivity index (χ2v) is 7.56. The average Bonchev–Trinajstić information content (AvgIpc) is 2.79. The smallest absolute Gasteiger partial charge is 0.280 e. The average molecular weight is 322 g/mol. The number of thiophene rings is 1. The van der Waals surface area contributed by atoms with Crippen molar-refractivity contribution in [3.05, 3.63) is 16.0 Å². The molecule has 1 heterocycles. The van der Waals surface area contributed by atoms with E-state index in [4.69, 9.17) is 0 Å². The van der Waals surface area contributed by atoms with Crippen LogP contribution in [0.25, 0.3) is 0 Å². The summed E-state index contributed by atoms with van der Waals surface area (Å²) in [5.74, 6) is 0.653. The van der Waals surface area contributed by atoms with E-state index in [-0.39, 0.29) is 5.91 Å². The molecule has 5 nitrogen and oxygen atoms in total. The topological polar surface area (TPSA) is 73.9 Å². The summed E-state index contributed by atoms with van der Waals surface area (Å²) < 4.78 is 0. The Balaban J connectivity index is 1.95. The summed E-state index contributed by atoms with van der Waals surface area (Å²) in [6.45, 7) is 4.62. The van der Waals surface area contributed by atoms with Crippen molar-refractivity contribution in [3.63, 3.8) is 0 Å². The molecule has 0 aliphatic heterocycles. The van der Waals surface area contributed by atoms with Gasteiger partial charge in [-0.15, -0.1) is 11.3 Å². The molecule has 4 N–H and O–H groups in total. The molecule has 1 aliphatic carbocycles. The standard InChI is InChI=1S/C16H24N4OS/c1-11-4-5-12-13(9-17)16(22-14(12)8-11)19-15(21)10-18-6-7-20(2)3/h11,18H,4-8,10H2,1-3H3,(H,19,21)/p+2/t11-/m0/s1. The van der Waals surface area contributed by atoms with Gasteiger partial charge in [0.1, 0.15) is 24.2 Å². The van der Waals surface area contributed by atoms with Crippen LogP contribution in [0.15, 0.2) is 0 Å². The van der Waals surface area contributed by atoms with Crippen molar-refractivity contribution in [2.24, 2.45) is 5.92 Å². The summed E-state index contributed by atoms with van der Waals surface area (Å²) >= 11 is 1.59. The van der Waals surface area contributed by atoms with Gasteiger partial charge >= 0.3 is 0 Å². The quantitative estimate of drug-likeness (QED) is 0.612. The van der Waals surface area contributed by atoms with Crippen molar-refractivity contribution in [3.8, 4) is 6.07 Å². The van der Waals surface area contributed by atoms with Crippen LogP contribution >= 0.6 is 11.3 Å². The van der Waals surface area contributed by atoms with Gasteiger partial charge in [-0.3, -0.25) is 4.79 Å². The van der Waals surface area contributed by atoms with Crippen molar-refractivity contribution in [1.29, 1.82) is 5.26 Å². The number of anilines is 1. The minimum atomic E-state index is -0.0168. The summed E-state index contributed by atoms with van der Waals surface area (Å²) in [4.78, 5) is 14.7. The molecule has 0 saturated heterocycles. The lowest BCUT2D eigenvalue weighted by atomic mass is 9.89. The van der Waals surface area contributed by atoms with E-state index in [9.17, 15) is 10.1 Å². The maximum Gasteiger partial charge on any atom is 0.280 e. The molecule has 2 rings (SSSR count). The molecular weight excluding hydrogens is 296 g/mol. The van der Waals surface area contributed by atoms with Crippen molar-refractivity contribution >= 4 is 22.2 Å². The molecule has 1 aliphatic rings. The molecule has 6 heteroatoms. The molecule has 1 amide bonds. The summed E-state index contributed by atoms with van der Waals surface area (Å²) in [5.41, 5.74) is 1.86. The monoisotopic (exact) mass is 322 g/mol. The van der Waals surface area contributed by atoms with Gasteiger partial charge < -0.3 is 15.5 Å². The minimum absolute atomic E-state index is 0.0168. The number of likely N-dealkylation sites (N-methyl/N-ethyl adjacent to an activating group) is 1. The SMILES string of the molecule is C[C@H]1CCc2c(sc(NC(=O)C[NH2+]CC[NH+](C)C)c2C#N)C1. The number of amides is 1. The Labute approximate surface area is 136 Å². The number of hydrogen-bond donors (Lipinski definition) is 3. The van der Waals surface area contributed by atoms with Crippen LogP contribution in [0.1, 0.15) is 29.3 Å². The third kappa shape index (κ3) is 4.29. The first-order valence-corrected chi connectivity index (χ1v) is 8.78. The highest BCUT2D eigenvalue weighted by Gasteiger charge is 2.24. The van der Waals surface area contributed by atoms with E-state index in [1.165, 1.54) is 15.3 Å². The molecule has 0 spiro atoms. The fourth-order valence-electron chi connectivity index (χ4n) is 2.76. The van der Waals surface area contributed by atoms with Crippen molar-refractivity contribution in [2.75, 3.05) is 39.0 Å². The lowest BCUT2D eigenvalue weighted by molar-refractivity contribution is -0.873. The van der Waals surface area contributed by atoms with Crippen LogP contribution in [0.3, 0.4) is 0 Å². The van der Waals surface area contributed by atoms with Crippen LogP contribution < -0.4 is 15.5 Å². The molecule has 1 aromatic rings. The number of carbonyl (C=O) groups excluding carboxylic acids is 1. The van der Waals surface area contributed by atoms with Gasteiger partial charge in [-0.25, -0.2) is 0 Å². The van der Waals surface area contributed by atoms with Crippen molar-refractivity contribution < 1.29 is 15.0 Å². The highest BCUT2D eigenvalue weighted by molar-refractivity contribution is 7.16. The Kier molecular flexibility index (Phi) is 5.95. The van der Waals surface area contributed by atoms with Gasteiger partial charge in [0.05, 0.1) is 19.7 Å². The molecule has 120 valence electrons. The van der Waals surface area contributed by atoms with E-state index in [1.807, 2.05) is 5.32 Å². The number of hydrogen-bond acceptors (Lipinski definition) is 3. The molecule has 1 aromatic heterocycles. The highest BCUT2D eigenvalue weighted by atomic mass is 32.1. The Hall–Kier alpha value is -1.42. The summed E-state index contributed by atoms with van der Waals surface area (Å²) in [5, 5.41) is 15.1. The van der Waals surface area contributed by atoms with Crippen molar-refractivity contribution in [2.45, 2.75) is 26.2 Å². The zero-order valence-corrected chi connectivity index (χ0v) is 14.5. The third-order valence-corrected chi connectivity index (χ3v) is 5.22. The van der Waals surface area contributed by atoms with E-state index in [0.29, 0.717) is 18.0 Å². The summed E-state index contributed by atoms with van der Waals surface area (Å²) in [6.07, 6.45) is 3.12. The van der Waals surface area contributed by atoms with Gasteiger partial charge in [-0.1, -0.05) is 6.92 Å². The summed E-state index contributed by atoms with van der Waals surface area (Å²) in [7, 11) is 4.20. The zero-order valence-electron chi connectivity index (χ0n) is 13.7. The van der Waals surface area contributed by atoms with Gasteiger partial charge in [-0.05, 0) is 30.7 Å². The summed E-state index contributed by atoms with van der Waals surface area (Å²) in [6, 6.07) is 2.29. The van der Waals surface area contributed by atoms with Gasteiger partial charge in [0.25, 0.3) is 5.91 Å². The highest BCUT2D eigenvalue weighted by Crippen LogP contribution is 2.39. The minimum Gasteiger partial charge on any atom is -0.335 e. The number of nitrogens with zero attached hydrogens (tertiary/aromatic N) is 1. The predicted molar refractivity (Wildman–Crippen MR) is 88.2 cm³/mol. The van der Waals surface area contributed by atoms with Crippen LogP contribution in [-0.4, -0.2) is 39.6 Å². The van der Waals surface area contributed by atoms with Gasteiger partial charge in [0, 0.05) is 4.88 Å². The van der Waals surface area contributed by atoms with Crippen LogP contribution in [-0.2, 0) is 17.6 Å². The van der Waals surface area contributed by atoms with E-state index >= 15 is 0 Å². The first-order chi connectivity index (χ1) is 10.5. The Morgan fingerprint density at radius 1 is 1.55 bits per heavy atom. The molecule has 0 radical (unpaired) electrons. The molecular formula is C16H26N4OS+2. The maximum absolute atomic E-state index is 12.1. The molecule has 22 heavy (non-hydrogen) atoms. The third-order valence-electron chi connectivity index (χ3n) is 4.05. The molecule has 0 saturated carbocycles.